The van der Waals surface area contributed by atoms with Crippen LogP contribution in [0.1, 0.15) is 26.2 Å². The molecule has 0 N–H and O–H groups in total. The van der Waals surface area contributed by atoms with E-state index < -0.39 is 13.9 Å². The van der Waals surface area contributed by atoms with Gasteiger partial charge < -0.3 is 27.9 Å². The van der Waals surface area contributed by atoms with Crippen LogP contribution in [0.3, 0.4) is 0 Å². The van der Waals surface area contributed by atoms with Crippen LogP contribution in [0.25, 0.3) is 0 Å². The Bertz CT molecular complexity index is 372. The molecule has 7 nitrogen and oxygen atoms in total. The average Bonchev–Trinajstić information content (AvgIpc) is 2.47. The van der Waals surface area contributed by atoms with Crippen molar-refractivity contribution >= 4 is 7.82 Å². The van der Waals surface area contributed by atoms with Crippen LogP contribution in [0.15, 0.2) is 12.7 Å². The second-order valence-electron chi connectivity index (χ2n) is 6.62. The highest BCUT2D eigenvalue weighted by atomic mass is 31.2. The van der Waals surface area contributed by atoms with Crippen molar-refractivity contribution < 1.29 is 32.5 Å². The minimum absolute atomic E-state index is 0.0793. The molecule has 144 valence electrons. The highest BCUT2D eigenvalue weighted by Gasteiger charge is 2.17. The summed E-state index contributed by atoms with van der Waals surface area (Å²) in [6, 6.07) is 0. The largest absolute Gasteiger partial charge is 0.756 e. The number of phosphoric ester groups is 1. The molecule has 0 aromatic heterocycles. The van der Waals surface area contributed by atoms with Gasteiger partial charge in [-0.25, -0.2) is 0 Å². The lowest BCUT2D eigenvalue weighted by Crippen LogP contribution is -2.37. The number of ether oxygens (including phenoxy) is 2. The number of hydrogen-bond donors (Lipinski definition) is 0. The maximum atomic E-state index is 11.8. The van der Waals surface area contributed by atoms with E-state index in [4.69, 9.17) is 18.5 Å². The number of rotatable bonds is 16. The molecule has 0 saturated heterocycles. The van der Waals surface area contributed by atoms with Crippen molar-refractivity contribution in [1.29, 1.82) is 0 Å². The van der Waals surface area contributed by atoms with E-state index in [0.29, 0.717) is 24.2 Å². The predicted molar refractivity (Wildman–Crippen MR) is 92.7 cm³/mol. The number of phosphoric acid groups is 1. The van der Waals surface area contributed by atoms with Gasteiger partial charge in [0.25, 0.3) is 7.82 Å². The predicted octanol–water partition coefficient (Wildman–Crippen LogP) is 1.97. The van der Waals surface area contributed by atoms with Gasteiger partial charge in [-0.3, -0.25) is 4.57 Å². The van der Waals surface area contributed by atoms with Gasteiger partial charge in [-0.05, 0) is 6.42 Å². The summed E-state index contributed by atoms with van der Waals surface area (Å²) in [6.45, 7) is 7.40. The lowest BCUT2D eigenvalue weighted by Gasteiger charge is -2.28. The first-order chi connectivity index (χ1) is 11.2. The van der Waals surface area contributed by atoms with Crippen LogP contribution in [0.4, 0.5) is 0 Å². The molecule has 1 unspecified atom stereocenters. The Morgan fingerprint density at radius 1 is 1.17 bits per heavy atom. The molecule has 0 spiro atoms. The normalized spacial score (nSPS) is 15.9. The second kappa shape index (κ2) is 13.0. The summed E-state index contributed by atoms with van der Waals surface area (Å²) < 4.78 is 33.1. The van der Waals surface area contributed by atoms with Crippen molar-refractivity contribution in [2.75, 3.05) is 60.7 Å². The zero-order valence-electron chi connectivity index (χ0n) is 15.6. The molecular weight excluding hydrogens is 333 g/mol. The van der Waals surface area contributed by atoms with Crippen LogP contribution in [0, 0.1) is 0 Å². The zero-order valence-corrected chi connectivity index (χ0v) is 16.5. The molecule has 0 aromatic rings. The van der Waals surface area contributed by atoms with Crippen molar-refractivity contribution in [2.45, 2.75) is 32.3 Å². The summed E-state index contributed by atoms with van der Waals surface area (Å²) in [5.41, 5.74) is 0. The summed E-state index contributed by atoms with van der Waals surface area (Å²) in [6.07, 6.45) is 4.31. The molecule has 0 radical (unpaired) electrons. The minimum Gasteiger partial charge on any atom is -0.756 e. The highest BCUT2D eigenvalue weighted by molar-refractivity contribution is 7.45. The van der Waals surface area contributed by atoms with Gasteiger partial charge in [0.15, 0.2) is 0 Å². The Hall–Kier alpha value is -0.270. The summed E-state index contributed by atoms with van der Waals surface area (Å²) in [4.78, 5) is 11.8. The number of unbranched alkanes of at least 4 members (excludes halogenated alkanes) is 2. The molecule has 8 heteroatoms. The molecule has 0 aromatic carbocycles. The monoisotopic (exact) mass is 367 g/mol. The molecule has 0 aliphatic rings. The first-order valence-corrected chi connectivity index (χ1v) is 9.87. The molecule has 0 saturated carbocycles. The topological polar surface area (TPSA) is 77.1 Å². The van der Waals surface area contributed by atoms with Crippen molar-refractivity contribution in [3.63, 3.8) is 0 Å². The highest BCUT2D eigenvalue weighted by Crippen LogP contribution is 2.38. The molecule has 0 rings (SSSR count). The number of quaternary nitrogens is 1. The molecule has 0 amide bonds. The third-order valence-electron chi connectivity index (χ3n) is 3.08. The lowest BCUT2D eigenvalue weighted by molar-refractivity contribution is -0.870. The van der Waals surface area contributed by atoms with Gasteiger partial charge in [-0.15, -0.1) is 6.58 Å². The summed E-state index contributed by atoms with van der Waals surface area (Å²) >= 11 is 0. The van der Waals surface area contributed by atoms with Crippen LogP contribution >= 0.6 is 7.82 Å². The van der Waals surface area contributed by atoms with E-state index >= 15 is 0 Å². The van der Waals surface area contributed by atoms with Crippen LogP contribution in [-0.4, -0.2) is 71.3 Å². The first-order valence-electron chi connectivity index (χ1n) is 8.41. The Labute approximate surface area is 146 Å². The van der Waals surface area contributed by atoms with Crippen LogP contribution in [0.2, 0.25) is 0 Å². The van der Waals surface area contributed by atoms with Crippen LogP contribution in [-0.2, 0) is 23.1 Å². The van der Waals surface area contributed by atoms with E-state index in [1.54, 1.807) is 6.08 Å². The molecule has 0 aliphatic carbocycles. The standard InChI is InChI=1S/C16H34NO6P/c1-6-8-9-12-20-14-16(21-11-7-2)15-23-24(18,19)22-13-10-17(3,4)5/h7,16H,2,6,8-15H2,1,3-5H3/t16-/m1/s1. The van der Waals surface area contributed by atoms with Crippen molar-refractivity contribution in [3.8, 4) is 0 Å². The van der Waals surface area contributed by atoms with Crippen molar-refractivity contribution in [2.24, 2.45) is 0 Å². The molecular formula is C16H34NO6P. The van der Waals surface area contributed by atoms with Gasteiger partial charge >= 0.3 is 0 Å². The second-order valence-corrected chi connectivity index (χ2v) is 8.03. The van der Waals surface area contributed by atoms with Gasteiger partial charge in [0.05, 0.1) is 41.0 Å². The summed E-state index contributed by atoms with van der Waals surface area (Å²) in [7, 11) is 1.52. The van der Waals surface area contributed by atoms with Gasteiger partial charge in [-0.2, -0.15) is 0 Å². The Balaban J connectivity index is 4.16. The Morgan fingerprint density at radius 3 is 2.46 bits per heavy atom. The summed E-state index contributed by atoms with van der Waals surface area (Å²) in [5.74, 6) is 0. The average molecular weight is 367 g/mol. The lowest BCUT2D eigenvalue weighted by atomic mass is 10.3. The minimum atomic E-state index is -4.34. The summed E-state index contributed by atoms with van der Waals surface area (Å²) in [5, 5.41) is 0. The van der Waals surface area contributed by atoms with Gasteiger partial charge in [0.1, 0.15) is 19.3 Å². The van der Waals surface area contributed by atoms with Crippen molar-refractivity contribution in [3.05, 3.63) is 12.7 Å². The smallest absolute Gasteiger partial charge is 0.268 e. The fourth-order valence-electron chi connectivity index (χ4n) is 1.66. The molecule has 0 aliphatic heterocycles. The Kier molecular flexibility index (Phi) is 12.9. The van der Waals surface area contributed by atoms with Crippen molar-refractivity contribution in [1.82, 2.24) is 0 Å². The molecule has 0 fully saturated rings. The number of hydrogen-bond acceptors (Lipinski definition) is 6. The molecule has 24 heavy (non-hydrogen) atoms. The van der Waals surface area contributed by atoms with E-state index in [0.717, 1.165) is 19.3 Å². The number of likely N-dealkylation sites (N-methyl/N-ethyl adjacent to an activating group) is 1. The zero-order chi connectivity index (χ0) is 18.5. The third kappa shape index (κ3) is 15.3. The van der Waals surface area contributed by atoms with Gasteiger partial charge in [0, 0.05) is 6.61 Å². The van der Waals surface area contributed by atoms with Gasteiger partial charge in [-0.1, -0.05) is 25.8 Å². The maximum absolute atomic E-state index is 11.8. The van der Waals surface area contributed by atoms with Crippen LogP contribution < -0.4 is 4.89 Å². The van der Waals surface area contributed by atoms with E-state index in [1.165, 1.54) is 0 Å². The molecule has 2 atom stereocenters. The van der Waals surface area contributed by atoms with E-state index in [9.17, 15) is 9.46 Å². The Morgan fingerprint density at radius 2 is 1.88 bits per heavy atom. The SMILES string of the molecule is C=CCO[C@H](COCCCCC)COP(=O)([O-])OCC[N+](C)(C)C. The number of nitrogens with zero attached hydrogens (tertiary/aromatic N) is 1. The van der Waals surface area contributed by atoms with Crippen LogP contribution in [0.5, 0.6) is 0 Å². The van der Waals surface area contributed by atoms with Gasteiger partial charge in [0.2, 0.25) is 0 Å². The quantitative estimate of drug-likeness (QED) is 0.180. The fraction of sp³-hybridized carbons (Fsp3) is 0.875. The molecule has 0 heterocycles. The van der Waals surface area contributed by atoms with E-state index in [1.807, 2.05) is 21.1 Å². The third-order valence-corrected chi connectivity index (χ3v) is 4.04. The van der Waals surface area contributed by atoms with E-state index in [2.05, 4.69) is 13.5 Å². The fourth-order valence-corrected chi connectivity index (χ4v) is 2.38. The van der Waals surface area contributed by atoms with E-state index in [-0.39, 0.29) is 19.8 Å². The first kappa shape index (κ1) is 23.7. The maximum Gasteiger partial charge on any atom is 0.268 e. The molecule has 0 bridgehead atoms.